The van der Waals surface area contributed by atoms with Crippen molar-refractivity contribution in [1.82, 2.24) is 0 Å². The zero-order chi connectivity index (χ0) is 17.5. The second-order valence-electron chi connectivity index (χ2n) is 7.73. The molecule has 1 aromatic carbocycles. The van der Waals surface area contributed by atoms with Crippen LogP contribution in [0.2, 0.25) is 39.3 Å². The summed E-state index contributed by atoms with van der Waals surface area (Å²) in [4.78, 5) is 0. The van der Waals surface area contributed by atoms with Crippen LogP contribution in [-0.2, 0) is 15.5 Å². The molecule has 1 aromatic rings. The van der Waals surface area contributed by atoms with Gasteiger partial charge in [0.1, 0.15) is 0 Å². The van der Waals surface area contributed by atoms with Crippen LogP contribution in [0.5, 0.6) is 0 Å². The summed E-state index contributed by atoms with van der Waals surface area (Å²) in [5.41, 5.74) is 3.14. The van der Waals surface area contributed by atoms with E-state index in [1.165, 1.54) is 5.56 Å². The highest BCUT2D eigenvalue weighted by Crippen LogP contribution is 2.10. The monoisotopic (exact) mass is 350 g/mol. The Labute approximate surface area is 142 Å². The molecule has 0 aliphatic carbocycles. The van der Waals surface area contributed by atoms with E-state index in [4.69, 9.17) is 9.05 Å². The van der Waals surface area contributed by atoms with Crippen LogP contribution in [0, 0.1) is 0 Å². The number of benzene rings is 1. The number of nitrogens with zero attached hydrogens (tertiary/aromatic N) is 2. The summed E-state index contributed by atoms with van der Waals surface area (Å²) < 4.78 is 11.4. The van der Waals surface area contributed by atoms with Gasteiger partial charge in [0.05, 0.1) is 11.4 Å². The van der Waals surface area contributed by atoms with Crippen LogP contribution < -0.4 is 0 Å². The van der Waals surface area contributed by atoms with Gasteiger partial charge in [-0.05, 0) is 51.8 Å². The van der Waals surface area contributed by atoms with E-state index in [9.17, 15) is 0 Å². The molecule has 0 bridgehead atoms. The van der Waals surface area contributed by atoms with Gasteiger partial charge in [-0.25, -0.2) is 0 Å². The Balaban J connectivity index is 2.83. The van der Waals surface area contributed by atoms with Gasteiger partial charge >= 0.3 is 0 Å². The van der Waals surface area contributed by atoms with Gasteiger partial charge in [-0.15, -0.1) is 10.3 Å². The maximum Gasteiger partial charge on any atom is 0.278 e. The molecular weight excluding hydrogens is 320 g/mol. The van der Waals surface area contributed by atoms with E-state index in [-0.39, 0.29) is 0 Å². The Morgan fingerprint density at radius 3 is 1.91 bits per heavy atom. The normalized spacial score (nSPS) is 13.9. The third-order valence-corrected chi connectivity index (χ3v) is 3.91. The predicted octanol–water partition coefficient (Wildman–Crippen LogP) is 5.05. The lowest BCUT2D eigenvalue weighted by atomic mass is 10.0. The van der Waals surface area contributed by atoms with Crippen LogP contribution in [-0.4, -0.2) is 28.1 Å². The van der Waals surface area contributed by atoms with E-state index in [2.05, 4.69) is 61.7 Å². The van der Waals surface area contributed by atoms with Gasteiger partial charge in [-0.3, -0.25) is 0 Å². The predicted molar refractivity (Wildman–Crippen MR) is 104 cm³/mol. The Kier molecular flexibility index (Phi) is 7.21. The zero-order valence-electron chi connectivity index (χ0n) is 15.5. The zero-order valence-corrected chi connectivity index (χ0v) is 17.5. The van der Waals surface area contributed by atoms with Gasteiger partial charge in [-0.1, -0.05) is 30.3 Å². The summed E-state index contributed by atoms with van der Waals surface area (Å²) in [6.07, 6.45) is 1.44. The van der Waals surface area contributed by atoms with E-state index < -0.39 is 16.6 Å². The van der Waals surface area contributed by atoms with Crippen molar-refractivity contribution in [3.05, 3.63) is 35.9 Å². The quantitative estimate of drug-likeness (QED) is 0.374. The highest BCUT2D eigenvalue weighted by atomic mass is 28.4. The van der Waals surface area contributed by atoms with Gasteiger partial charge in [0.15, 0.2) is 0 Å². The molecule has 0 aliphatic heterocycles. The molecule has 0 aromatic heterocycles. The van der Waals surface area contributed by atoms with Crippen molar-refractivity contribution in [2.75, 3.05) is 0 Å². The molecule has 6 heteroatoms. The summed E-state index contributed by atoms with van der Waals surface area (Å²) in [7, 11) is -3.33. The van der Waals surface area contributed by atoms with E-state index in [1.807, 2.05) is 25.1 Å². The minimum Gasteiger partial charge on any atom is -0.456 e. The summed E-state index contributed by atoms with van der Waals surface area (Å²) in [5, 5.41) is 8.70. The minimum atomic E-state index is -1.69. The van der Waals surface area contributed by atoms with Crippen LogP contribution >= 0.6 is 0 Å². The van der Waals surface area contributed by atoms with Crippen LogP contribution in [0.4, 0.5) is 0 Å². The second kappa shape index (κ2) is 8.45. The number of hydrogen-bond acceptors (Lipinski definition) is 4. The first-order valence-corrected chi connectivity index (χ1v) is 14.9. The lowest BCUT2D eigenvalue weighted by Gasteiger charge is -2.16. The molecule has 0 heterocycles. The fourth-order valence-corrected chi connectivity index (χ4v) is 2.54. The molecule has 128 valence electrons. The third-order valence-electron chi connectivity index (χ3n) is 2.63. The molecular formula is C17H30N2O2Si2. The molecule has 0 fully saturated rings. The lowest BCUT2D eigenvalue weighted by molar-refractivity contribution is 0.331. The molecule has 0 amide bonds. The van der Waals surface area contributed by atoms with Gasteiger partial charge in [0.2, 0.25) is 0 Å². The van der Waals surface area contributed by atoms with Crippen LogP contribution in [0.3, 0.4) is 0 Å². The molecule has 0 radical (unpaired) electrons. The van der Waals surface area contributed by atoms with Gasteiger partial charge in [0.25, 0.3) is 16.6 Å². The summed E-state index contributed by atoms with van der Waals surface area (Å²) in [6, 6.07) is 10.3. The first-order valence-electron chi connectivity index (χ1n) is 8.05. The van der Waals surface area contributed by atoms with Crippen molar-refractivity contribution in [3.63, 3.8) is 0 Å². The van der Waals surface area contributed by atoms with Crippen molar-refractivity contribution < 1.29 is 9.05 Å². The second-order valence-corrected chi connectivity index (χ2v) is 16.5. The fraction of sp³-hybridized carbons (Fsp3) is 0.529. The highest BCUT2D eigenvalue weighted by molar-refractivity contribution is 6.70. The van der Waals surface area contributed by atoms with Crippen molar-refractivity contribution in [2.24, 2.45) is 10.3 Å². The average molecular weight is 351 g/mol. The molecule has 0 saturated heterocycles. The highest BCUT2D eigenvalue weighted by Gasteiger charge is 2.18. The smallest absolute Gasteiger partial charge is 0.278 e. The van der Waals surface area contributed by atoms with Crippen molar-refractivity contribution in [3.8, 4) is 0 Å². The Morgan fingerprint density at radius 2 is 1.39 bits per heavy atom. The Morgan fingerprint density at radius 1 is 0.870 bits per heavy atom. The van der Waals surface area contributed by atoms with Crippen molar-refractivity contribution in [1.29, 1.82) is 0 Å². The lowest BCUT2D eigenvalue weighted by Crippen LogP contribution is -2.24. The van der Waals surface area contributed by atoms with E-state index >= 15 is 0 Å². The van der Waals surface area contributed by atoms with Crippen molar-refractivity contribution >= 4 is 28.1 Å². The molecule has 1 rings (SSSR count). The molecule has 0 N–H and O–H groups in total. The fourth-order valence-electron chi connectivity index (χ4n) is 1.70. The number of oxime groups is 2. The van der Waals surface area contributed by atoms with Crippen LogP contribution in [0.15, 0.2) is 40.6 Å². The topological polar surface area (TPSA) is 43.2 Å². The Bertz CT molecular complexity index is 544. The summed E-state index contributed by atoms with van der Waals surface area (Å²) >= 11 is 0. The molecule has 23 heavy (non-hydrogen) atoms. The molecule has 0 aliphatic rings. The number of hydrogen-bond donors (Lipinski definition) is 0. The third kappa shape index (κ3) is 10.1. The average Bonchev–Trinajstić information content (AvgIpc) is 2.42. The standard InChI is InChI=1S/C17H30N2O2Si2/c1-15(18-20-22(2,3)4)13-17(19-21-23(5,6)7)14-16-11-9-8-10-12-16/h8-12H,13-14H2,1-7H3. The van der Waals surface area contributed by atoms with Gasteiger partial charge in [-0.2, -0.15) is 0 Å². The molecule has 0 spiro atoms. The molecule has 0 atom stereocenters. The molecule has 0 saturated carbocycles. The maximum atomic E-state index is 5.75. The van der Waals surface area contributed by atoms with Crippen LogP contribution in [0.25, 0.3) is 0 Å². The Hall–Kier alpha value is -1.41. The van der Waals surface area contributed by atoms with E-state index in [0.29, 0.717) is 6.42 Å². The number of rotatable bonds is 8. The molecule has 4 nitrogen and oxygen atoms in total. The molecule has 0 unspecified atom stereocenters. The summed E-state index contributed by atoms with van der Waals surface area (Å²) in [5.74, 6) is 0. The van der Waals surface area contributed by atoms with Gasteiger partial charge < -0.3 is 9.05 Å². The SMILES string of the molecule is CC(CC(Cc1ccccc1)=NO[Si](C)(C)C)=NO[Si](C)(C)C. The first kappa shape index (κ1) is 19.6. The van der Waals surface area contributed by atoms with Crippen molar-refractivity contribution in [2.45, 2.75) is 59.0 Å². The van der Waals surface area contributed by atoms with Gasteiger partial charge in [0, 0.05) is 12.8 Å². The minimum absolute atomic E-state index is 0.670. The van der Waals surface area contributed by atoms with E-state index in [0.717, 1.165) is 17.8 Å². The van der Waals surface area contributed by atoms with E-state index in [1.54, 1.807) is 0 Å². The first-order chi connectivity index (χ1) is 10.6. The maximum absolute atomic E-state index is 5.75. The van der Waals surface area contributed by atoms with Crippen LogP contribution in [0.1, 0.15) is 18.9 Å². The summed E-state index contributed by atoms with van der Waals surface area (Å²) in [6.45, 7) is 14.7. The largest absolute Gasteiger partial charge is 0.456 e.